The summed E-state index contributed by atoms with van der Waals surface area (Å²) in [4.78, 5) is 21.3. The SMILES string of the molecule is CCOc1cc(C(Cl)C(C)=O)cc([N+](=O)[O-])c1. The predicted octanol–water partition coefficient (Wildman–Crippen LogP) is 2.86. The van der Waals surface area contributed by atoms with Crippen molar-refractivity contribution >= 4 is 23.1 Å². The zero-order chi connectivity index (χ0) is 13.0. The van der Waals surface area contributed by atoms with Gasteiger partial charge in [-0.25, -0.2) is 0 Å². The van der Waals surface area contributed by atoms with Crippen molar-refractivity contribution in [2.75, 3.05) is 6.61 Å². The van der Waals surface area contributed by atoms with Crippen molar-refractivity contribution in [1.29, 1.82) is 0 Å². The lowest BCUT2D eigenvalue weighted by Gasteiger charge is -2.09. The number of nitro benzene ring substituents is 1. The molecule has 0 bridgehead atoms. The molecule has 0 aliphatic carbocycles. The van der Waals surface area contributed by atoms with Crippen LogP contribution in [0.1, 0.15) is 24.8 Å². The Kier molecular flexibility index (Phi) is 4.45. The first-order valence-corrected chi connectivity index (χ1v) is 5.46. The van der Waals surface area contributed by atoms with E-state index in [0.29, 0.717) is 17.9 Å². The van der Waals surface area contributed by atoms with Crippen molar-refractivity contribution in [2.45, 2.75) is 19.2 Å². The van der Waals surface area contributed by atoms with Crippen molar-refractivity contribution in [3.8, 4) is 5.75 Å². The van der Waals surface area contributed by atoms with Gasteiger partial charge in [0.05, 0.1) is 17.6 Å². The number of carbonyl (C=O) groups excluding carboxylic acids is 1. The summed E-state index contributed by atoms with van der Waals surface area (Å²) in [5.74, 6) is 0.0678. The maximum Gasteiger partial charge on any atom is 0.273 e. The van der Waals surface area contributed by atoms with Crippen molar-refractivity contribution in [1.82, 2.24) is 0 Å². The fourth-order valence-electron chi connectivity index (χ4n) is 1.34. The second-order valence-electron chi connectivity index (χ2n) is 3.42. The molecule has 0 saturated carbocycles. The lowest BCUT2D eigenvalue weighted by molar-refractivity contribution is -0.385. The zero-order valence-electron chi connectivity index (χ0n) is 9.47. The molecule has 1 atom stereocenters. The van der Waals surface area contributed by atoms with E-state index in [1.165, 1.54) is 25.1 Å². The Bertz CT molecular complexity index is 447. The highest BCUT2D eigenvalue weighted by Gasteiger charge is 2.18. The average Bonchev–Trinajstić information content (AvgIpc) is 2.27. The molecule has 1 rings (SSSR count). The van der Waals surface area contributed by atoms with Crippen LogP contribution in [0.3, 0.4) is 0 Å². The number of halogens is 1. The molecule has 1 unspecified atom stereocenters. The van der Waals surface area contributed by atoms with Crippen LogP contribution < -0.4 is 4.74 Å². The third-order valence-corrected chi connectivity index (χ3v) is 2.64. The number of nitro groups is 1. The van der Waals surface area contributed by atoms with Gasteiger partial charge < -0.3 is 4.74 Å². The Morgan fingerprint density at radius 2 is 2.18 bits per heavy atom. The second-order valence-corrected chi connectivity index (χ2v) is 3.86. The minimum Gasteiger partial charge on any atom is -0.494 e. The molecule has 0 aromatic heterocycles. The first-order chi connectivity index (χ1) is 7.95. The Hall–Kier alpha value is -1.62. The van der Waals surface area contributed by atoms with Crippen molar-refractivity contribution in [3.63, 3.8) is 0 Å². The summed E-state index contributed by atoms with van der Waals surface area (Å²) in [5.41, 5.74) is 0.231. The number of hydrogen-bond acceptors (Lipinski definition) is 4. The van der Waals surface area contributed by atoms with Gasteiger partial charge in [-0.1, -0.05) is 0 Å². The Morgan fingerprint density at radius 1 is 1.53 bits per heavy atom. The highest BCUT2D eigenvalue weighted by atomic mass is 35.5. The smallest absolute Gasteiger partial charge is 0.273 e. The molecule has 0 N–H and O–H groups in total. The van der Waals surface area contributed by atoms with E-state index in [2.05, 4.69) is 0 Å². The van der Waals surface area contributed by atoms with E-state index in [0.717, 1.165) is 0 Å². The molecule has 1 aromatic rings. The van der Waals surface area contributed by atoms with Gasteiger partial charge in [-0.15, -0.1) is 11.6 Å². The number of hydrogen-bond donors (Lipinski definition) is 0. The number of benzene rings is 1. The molecule has 0 aliphatic rings. The lowest BCUT2D eigenvalue weighted by atomic mass is 10.1. The first kappa shape index (κ1) is 13.4. The fraction of sp³-hybridized carbons (Fsp3) is 0.364. The van der Waals surface area contributed by atoms with Crippen LogP contribution in [0.15, 0.2) is 18.2 Å². The minimum absolute atomic E-state index is 0.141. The molecule has 0 saturated heterocycles. The van der Waals surface area contributed by atoms with Gasteiger partial charge in [-0.05, 0) is 25.5 Å². The van der Waals surface area contributed by atoms with E-state index in [4.69, 9.17) is 16.3 Å². The molecule has 0 spiro atoms. The maximum atomic E-state index is 11.2. The fourth-order valence-corrected chi connectivity index (χ4v) is 1.47. The first-order valence-electron chi connectivity index (χ1n) is 5.02. The summed E-state index contributed by atoms with van der Waals surface area (Å²) in [6, 6.07) is 4.12. The molecule has 5 nitrogen and oxygen atoms in total. The summed E-state index contributed by atoms with van der Waals surface area (Å²) in [6.45, 7) is 3.48. The quantitative estimate of drug-likeness (QED) is 0.462. The normalized spacial score (nSPS) is 11.9. The second kappa shape index (κ2) is 5.63. The molecule has 0 amide bonds. The van der Waals surface area contributed by atoms with Crippen LogP contribution in [-0.4, -0.2) is 17.3 Å². The number of rotatable bonds is 5. The lowest BCUT2D eigenvalue weighted by Crippen LogP contribution is -2.03. The molecule has 0 heterocycles. The third-order valence-electron chi connectivity index (χ3n) is 2.09. The van der Waals surface area contributed by atoms with Crippen molar-refractivity contribution < 1.29 is 14.5 Å². The molecule has 0 radical (unpaired) electrons. The van der Waals surface area contributed by atoms with Gasteiger partial charge in [-0.2, -0.15) is 0 Å². The molecule has 0 aliphatic heterocycles. The minimum atomic E-state index is -0.894. The topological polar surface area (TPSA) is 69.4 Å². The van der Waals surface area contributed by atoms with Gasteiger partial charge in [0, 0.05) is 6.07 Å². The van der Waals surface area contributed by atoms with Crippen LogP contribution >= 0.6 is 11.6 Å². The maximum absolute atomic E-state index is 11.2. The molecular formula is C11H12ClNO4. The third kappa shape index (κ3) is 3.42. The number of nitrogens with zero attached hydrogens (tertiary/aromatic N) is 1. The Morgan fingerprint density at radius 3 is 2.65 bits per heavy atom. The van der Waals surface area contributed by atoms with Gasteiger partial charge in [0.1, 0.15) is 11.1 Å². The highest BCUT2D eigenvalue weighted by Crippen LogP contribution is 2.30. The summed E-state index contributed by atoms with van der Waals surface area (Å²) < 4.78 is 5.19. The summed E-state index contributed by atoms with van der Waals surface area (Å²) in [6.07, 6.45) is 0. The van der Waals surface area contributed by atoms with E-state index in [9.17, 15) is 14.9 Å². The summed E-state index contributed by atoms with van der Waals surface area (Å²) >= 11 is 5.86. The van der Waals surface area contributed by atoms with Crippen LogP contribution in [-0.2, 0) is 4.79 Å². The number of carbonyl (C=O) groups is 1. The monoisotopic (exact) mass is 257 g/mol. The van der Waals surface area contributed by atoms with E-state index >= 15 is 0 Å². The highest BCUT2D eigenvalue weighted by molar-refractivity contribution is 6.30. The number of non-ortho nitro benzene ring substituents is 1. The Balaban J connectivity index is 3.20. The zero-order valence-corrected chi connectivity index (χ0v) is 10.2. The Labute approximate surface area is 103 Å². The number of Topliss-reactive ketones (excluding diaryl/α,β-unsaturated/α-hetero) is 1. The molecule has 0 fully saturated rings. The largest absolute Gasteiger partial charge is 0.494 e. The van der Waals surface area contributed by atoms with Crippen LogP contribution in [0.2, 0.25) is 0 Å². The van der Waals surface area contributed by atoms with Crippen LogP contribution in [0, 0.1) is 10.1 Å². The van der Waals surface area contributed by atoms with Crippen molar-refractivity contribution in [3.05, 3.63) is 33.9 Å². The van der Waals surface area contributed by atoms with Gasteiger partial charge in [-0.3, -0.25) is 14.9 Å². The van der Waals surface area contributed by atoms with Gasteiger partial charge in [0.25, 0.3) is 5.69 Å². The average molecular weight is 258 g/mol. The molecule has 92 valence electrons. The number of ketones is 1. The van der Waals surface area contributed by atoms with E-state index in [1.807, 2.05) is 0 Å². The van der Waals surface area contributed by atoms with E-state index in [-0.39, 0.29) is 11.5 Å². The van der Waals surface area contributed by atoms with E-state index < -0.39 is 10.3 Å². The van der Waals surface area contributed by atoms with Crippen LogP contribution in [0.25, 0.3) is 0 Å². The predicted molar refractivity (Wildman–Crippen MR) is 63.5 cm³/mol. The van der Waals surface area contributed by atoms with Gasteiger partial charge >= 0.3 is 0 Å². The van der Waals surface area contributed by atoms with Crippen LogP contribution in [0.5, 0.6) is 5.75 Å². The van der Waals surface area contributed by atoms with Crippen LogP contribution in [0.4, 0.5) is 5.69 Å². The molecule has 6 heteroatoms. The van der Waals surface area contributed by atoms with Gasteiger partial charge in [0.15, 0.2) is 5.78 Å². The molecule has 17 heavy (non-hydrogen) atoms. The number of ether oxygens (including phenoxy) is 1. The standard InChI is InChI=1S/C11H12ClNO4/c1-3-17-10-5-8(11(12)7(2)14)4-9(6-10)13(15)16/h4-6,11H,3H2,1-2H3. The van der Waals surface area contributed by atoms with E-state index in [1.54, 1.807) is 6.92 Å². The molecular weight excluding hydrogens is 246 g/mol. The van der Waals surface area contributed by atoms with Crippen molar-refractivity contribution in [2.24, 2.45) is 0 Å². The summed E-state index contributed by atoms with van der Waals surface area (Å²) in [5, 5.41) is 9.83. The summed E-state index contributed by atoms with van der Waals surface area (Å²) in [7, 11) is 0. The number of alkyl halides is 1. The molecule has 1 aromatic carbocycles. The van der Waals surface area contributed by atoms with Gasteiger partial charge in [0.2, 0.25) is 0 Å².